The lowest BCUT2D eigenvalue weighted by Crippen LogP contribution is -1.98. The fraction of sp³-hybridized carbons (Fsp3) is 1.00. The molecule has 4 heteroatoms. The van der Waals surface area contributed by atoms with Crippen LogP contribution in [0.4, 0.5) is 4.39 Å². The molecule has 44 valence electrons. The van der Waals surface area contributed by atoms with Crippen LogP contribution >= 0.6 is 47.8 Å². The molecule has 7 heavy (non-hydrogen) atoms. The lowest BCUT2D eigenvalue weighted by atomic mass is 10.6. The van der Waals surface area contributed by atoms with Crippen molar-refractivity contribution in [3.8, 4) is 0 Å². The molecule has 0 saturated heterocycles. The predicted octanol–water partition coefficient (Wildman–Crippen LogP) is 3.18. The van der Waals surface area contributed by atoms with E-state index in [-0.39, 0.29) is 8.82 Å². The number of hydrogen-bond acceptors (Lipinski definition) is 0. The first kappa shape index (κ1) is 8.37. The molecule has 0 aromatic heterocycles. The van der Waals surface area contributed by atoms with Crippen LogP contribution in [0.25, 0.3) is 0 Å². The Morgan fingerprint density at radius 2 is 1.71 bits per heavy atom. The summed E-state index contributed by atoms with van der Waals surface area (Å²) in [6, 6.07) is 0. The summed E-state index contributed by atoms with van der Waals surface area (Å²) in [5, 5.41) is 0. The van der Waals surface area contributed by atoms with E-state index in [2.05, 4.69) is 47.8 Å². The van der Waals surface area contributed by atoms with Gasteiger partial charge >= 0.3 is 0 Å². The number of rotatable bonds is 1. The normalized spacial score (nSPS) is 12.0. The summed E-state index contributed by atoms with van der Waals surface area (Å²) in [4.78, 5) is 0. The molecule has 0 bridgehead atoms. The Hall–Kier alpha value is 1.37. The van der Waals surface area contributed by atoms with Crippen LogP contribution in [0.1, 0.15) is 6.42 Å². The van der Waals surface area contributed by atoms with Gasteiger partial charge in [0.1, 0.15) is 2.14 Å². The Morgan fingerprint density at radius 1 is 1.29 bits per heavy atom. The van der Waals surface area contributed by atoms with Crippen LogP contribution in [-0.2, 0) is 0 Å². The molecule has 0 rings (SSSR count). The van der Waals surface area contributed by atoms with Crippen LogP contribution in [0.5, 0.6) is 0 Å². The van der Waals surface area contributed by atoms with E-state index in [1.54, 1.807) is 0 Å². The molecular weight excluding hydrogens is 295 g/mol. The van der Waals surface area contributed by atoms with E-state index in [1.807, 2.05) is 0 Å². The molecule has 0 aromatic rings. The topological polar surface area (TPSA) is 0 Å². The van der Waals surface area contributed by atoms with Gasteiger partial charge in [-0.25, -0.2) is 0 Å². The average Bonchev–Trinajstić information content (AvgIpc) is 1.30. The van der Waals surface area contributed by atoms with Crippen LogP contribution in [0.15, 0.2) is 0 Å². The highest BCUT2D eigenvalue weighted by molar-refractivity contribution is 9.39. The first-order chi connectivity index (χ1) is 3.06. The quantitative estimate of drug-likeness (QED) is 0.652. The van der Waals surface area contributed by atoms with E-state index in [0.717, 1.165) is 0 Å². The van der Waals surface area contributed by atoms with Crippen LogP contribution in [0.3, 0.4) is 0 Å². The first-order valence-electron chi connectivity index (χ1n) is 1.69. The predicted molar refractivity (Wildman–Crippen MR) is 40.1 cm³/mol. The summed E-state index contributed by atoms with van der Waals surface area (Å²) in [6.45, 7) is -0.332. The Morgan fingerprint density at radius 3 is 1.71 bits per heavy atom. The van der Waals surface area contributed by atoms with Crippen LogP contribution in [-0.4, -0.2) is 8.82 Å². The molecule has 0 atom stereocenters. The SMILES string of the molecule is FCCC(Br)(Br)Br. The van der Waals surface area contributed by atoms with E-state index in [9.17, 15) is 4.39 Å². The monoisotopic (exact) mass is 296 g/mol. The van der Waals surface area contributed by atoms with Gasteiger partial charge in [0.2, 0.25) is 0 Å². The smallest absolute Gasteiger partial charge is 0.137 e. The highest BCUT2D eigenvalue weighted by Crippen LogP contribution is 2.36. The van der Waals surface area contributed by atoms with Crippen molar-refractivity contribution in [1.29, 1.82) is 0 Å². The molecule has 0 aliphatic rings. The zero-order chi connectivity index (χ0) is 5.91. The second-order valence-electron chi connectivity index (χ2n) is 1.05. The van der Waals surface area contributed by atoms with E-state index in [4.69, 9.17) is 0 Å². The van der Waals surface area contributed by atoms with Gasteiger partial charge in [-0.15, -0.1) is 0 Å². The van der Waals surface area contributed by atoms with Crippen molar-refractivity contribution in [1.82, 2.24) is 0 Å². The molecule has 0 saturated carbocycles. The number of halogens is 4. The van der Waals surface area contributed by atoms with Crippen molar-refractivity contribution < 1.29 is 4.39 Å². The highest BCUT2D eigenvalue weighted by atomic mass is 80.0. The molecule has 0 N–H and O–H groups in total. The summed E-state index contributed by atoms with van der Waals surface area (Å²) in [5.41, 5.74) is 0. The minimum absolute atomic E-state index is 0.332. The van der Waals surface area contributed by atoms with Gasteiger partial charge < -0.3 is 0 Å². The molecule has 0 amide bonds. The maximum absolute atomic E-state index is 11.4. The van der Waals surface area contributed by atoms with E-state index in [1.165, 1.54) is 0 Å². The summed E-state index contributed by atoms with van der Waals surface area (Å²) in [5.74, 6) is 0. The zero-order valence-corrected chi connectivity index (χ0v) is 8.18. The lowest BCUT2D eigenvalue weighted by molar-refractivity contribution is 0.483. The third kappa shape index (κ3) is 7.37. The van der Waals surface area contributed by atoms with Gasteiger partial charge in [-0.3, -0.25) is 4.39 Å². The summed E-state index contributed by atoms with van der Waals surface area (Å²) in [7, 11) is 0. The van der Waals surface area contributed by atoms with Crippen molar-refractivity contribution in [2.24, 2.45) is 0 Å². The van der Waals surface area contributed by atoms with Crippen molar-refractivity contribution in [2.75, 3.05) is 6.67 Å². The second-order valence-corrected chi connectivity index (χ2v) is 8.31. The van der Waals surface area contributed by atoms with Crippen molar-refractivity contribution in [3.63, 3.8) is 0 Å². The molecule has 0 aliphatic carbocycles. The lowest BCUT2D eigenvalue weighted by Gasteiger charge is -2.06. The van der Waals surface area contributed by atoms with E-state index in [0.29, 0.717) is 6.42 Å². The van der Waals surface area contributed by atoms with Crippen LogP contribution < -0.4 is 0 Å². The maximum Gasteiger partial charge on any atom is 0.137 e. The fourth-order valence-corrected chi connectivity index (χ4v) is 0.557. The highest BCUT2D eigenvalue weighted by Gasteiger charge is 2.15. The third-order valence-corrected chi connectivity index (χ3v) is 1.57. The molecule has 0 aromatic carbocycles. The summed E-state index contributed by atoms with van der Waals surface area (Å²) < 4.78 is 11.0. The maximum atomic E-state index is 11.4. The Balaban J connectivity index is 3.15. The van der Waals surface area contributed by atoms with Gasteiger partial charge in [0.25, 0.3) is 0 Å². The van der Waals surface area contributed by atoms with Crippen LogP contribution in [0.2, 0.25) is 0 Å². The average molecular weight is 299 g/mol. The number of alkyl halides is 4. The summed E-state index contributed by atoms with van der Waals surface area (Å²) in [6.07, 6.45) is 0.424. The Kier molecular flexibility index (Phi) is 4.07. The first-order valence-corrected chi connectivity index (χ1v) is 4.07. The van der Waals surface area contributed by atoms with Gasteiger partial charge in [-0.05, 0) is 0 Å². The summed E-state index contributed by atoms with van der Waals surface area (Å²) >= 11 is 9.40. The fourth-order valence-electron chi connectivity index (χ4n) is 0.107. The molecular formula is C3H4Br3F. The van der Waals surface area contributed by atoms with Gasteiger partial charge in [-0.1, -0.05) is 47.8 Å². The molecule has 0 unspecified atom stereocenters. The zero-order valence-electron chi connectivity index (χ0n) is 3.43. The van der Waals surface area contributed by atoms with E-state index >= 15 is 0 Å². The minimum Gasteiger partial charge on any atom is -0.251 e. The Labute approximate surface area is 67.2 Å². The Bertz CT molecular complexity index is 48.6. The van der Waals surface area contributed by atoms with Crippen molar-refractivity contribution >= 4 is 47.8 Å². The third-order valence-electron chi connectivity index (χ3n) is 0.378. The van der Waals surface area contributed by atoms with Crippen LogP contribution in [0, 0.1) is 0 Å². The van der Waals surface area contributed by atoms with Gasteiger partial charge in [0.15, 0.2) is 0 Å². The van der Waals surface area contributed by atoms with Gasteiger partial charge in [-0.2, -0.15) is 0 Å². The second kappa shape index (κ2) is 3.41. The molecule has 0 heterocycles. The molecule has 0 fully saturated rings. The minimum atomic E-state index is -0.387. The molecule has 0 nitrogen and oxygen atoms in total. The molecule has 0 spiro atoms. The molecule has 0 radical (unpaired) electrons. The van der Waals surface area contributed by atoms with Gasteiger partial charge in [0.05, 0.1) is 6.67 Å². The van der Waals surface area contributed by atoms with E-state index < -0.39 is 0 Å². The number of hydrogen-bond donors (Lipinski definition) is 0. The largest absolute Gasteiger partial charge is 0.251 e. The molecule has 0 aliphatic heterocycles. The van der Waals surface area contributed by atoms with Crippen molar-refractivity contribution in [3.05, 3.63) is 0 Å². The van der Waals surface area contributed by atoms with Gasteiger partial charge in [0, 0.05) is 6.42 Å². The van der Waals surface area contributed by atoms with Crippen molar-refractivity contribution in [2.45, 2.75) is 8.56 Å². The standard InChI is InChI=1S/C3H4Br3F/c4-3(5,6)1-2-7/h1-2H2.